The van der Waals surface area contributed by atoms with E-state index in [0.717, 1.165) is 5.56 Å². The summed E-state index contributed by atoms with van der Waals surface area (Å²) in [4.78, 5) is 46.0. The van der Waals surface area contributed by atoms with Crippen LogP contribution in [0.1, 0.15) is 36.7 Å². The Kier molecular flexibility index (Phi) is 8.62. The van der Waals surface area contributed by atoms with Gasteiger partial charge in [-0.25, -0.2) is 14.4 Å². The number of rotatable bonds is 7. The molecule has 9 heteroatoms. The molecule has 9 nitrogen and oxygen atoms in total. The summed E-state index contributed by atoms with van der Waals surface area (Å²) in [6, 6.07) is 5.51. The third kappa shape index (κ3) is 8.13. The number of esters is 1. The van der Waals surface area contributed by atoms with E-state index >= 15 is 0 Å². The molecule has 0 fully saturated rings. The number of hydrogen-bond donors (Lipinski definition) is 4. The molecule has 26 heavy (non-hydrogen) atoms. The smallest absolute Gasteiger partial charge is 0.338 e. The molecule has 1 rings (SSSR count). The number of amides is 5. The molecule has 0 aromatic heterocycles. The minimum absolute atomic E-state index is 0.0393. The first-order chi connectivity index (χ1) is 12.3. The van der Waals surface area contributed by atoms with Gasteiger partial charge >= 0.3 is 18.0 Å². The first-order valence-corrected chi connectivity index (χ1v) is 8.20. The molecule has 0 unspecified atom stereocenters. The number of carbonyl (C=O) groups excluding carboxylic acids is 4. The molecule has 4 N–H and O–H groups in total. The molecule has 1 aromatic carbocycles. The molecule has 0 saturated heterocycles. The van der Waals surface area contributed by atoms with E-state index in [1.165, 1.54) is 12.1 Å². The van der Waals surface area contributed by atoms with E-state index in [9.17, 15) is 19.2 Å². The lowest BCUT2D eigenvalue weighted by atomic mass is 10.1. The Labute approximate surface area is 151 Å². The van der Waals surface area contributed by atoms with Gasteiger partial charge in [0.1, 0.15) is 0 Å². The summed E-state index contributed by atoms with van der Waals surface area (Å²) >= 11 is 0. The first-order valence-electron chi connectivity index (χ1n) is 8.20. The number of urea groups is 2. The van der Waals surface area contributed by atoms with Crippen molar-refractivity contribution < 1.29 is 23.9 Å². The molecule has 1 aromatic rings. The summed E-state index contributed by atoms with van der Waals surface area (Å²) in [6.45, 7) is 5.55. The third-order valence-electron chi connectivity index (χ3n) is 2.99. The second kappa shape index (κ2) is 10.7. The van der Waals surface area contributed by atoms with Gasteiger partial charge in [-0.05, 0) is 38.5 Å². The van der Waals surface area contributed by atoms with Crippen molar-refractivity contribution in [2.75, 3.05) is 13.2 Å². The van der Waals surface area contributed by atoms with Gasteiger partial charge in [-0.15, -0.1) is 0 Å². The number of benzene rings is 1. The van der Waals surface area contributed by atoms with Crippen LogP contribution in [0.3, 0.4) is 0 Å². The molecule has 0 bridgehead atoms. The van der Waals surface area contributed by atoms with E-state index in [1.54, 1.807) is 19.1 Å². The molecule has 0 atom stereocenters. The van der Waals surface area contributed by atoms with Crippen LogP contribution in [0.2, 0.25) is 0 Å². The van der Waals surface area contributed by atoms with Crippen LogP contribution in [0.5, 0.6) is 0 Å². The van der Waals surface area contributed by atoms with Crippen molar-refractivity contribution in [2.24, 2.45) is 0 Å². The zero-order valence-corrected chi connectivity index (χ0v) is 15.0. The van der Waals surface area contributed by atoms with Gasteiger partial charge in [0, 0.05) is 19.1 Å². The normalized spacial score (nSPS) is 10.0. The number of nitrogens with one attached hydrogen (secondary N) is 4. The molecule has 0 saturated carbocycles. The molecule has 5 amide bonds. The maximum Gasteiger partial charge on any atom is 0.338 e. The molecule has 0 spiro atoms. The number of imide groups is 1. The highest BCUT2D eigenvalue weighted by Crippen LogP contribution is 2.06. The summed E-state index contributed by atoms with van der Waals surface area (Å²) in [6.07, 6.45) is 0. The van der Waals surface area contributed by atoms with E-state index in [4.69, 9.17) is 4.74 Å². The fraction of sp³-hybridized carbons (Fsp3) is 0.412. The highest BCUT2D eigenvalue weighted by atomic mass is 16.5. The highest BCUT2D eigenvalue weighted by Gasteiger charge is 2.12. The molecule has 142 valence electrons. The van der Waals surface area contributed by atoms with Crippen molar-refractivity contribution in [1.82, 2.24) is 21.3 Å². The van der Waals surface area contributed by atoms with Gasteiger partial charge in [-0.1, -0.05) is 12.1 Å². The average Bonchev–Trinajstić information content (AvgIpc) is 2.58. The van der Waals surface area contributed by atoms with Gasteiger partial charge in [0.2, 0.25) is 0 Å². The van der Waals surface area contributed by atoms with Crippen molar-refractivity contribution in [1.29, 1.82) is 0 Å². The lowest BCUT2D eigenvalue weighted by Crippen LogP contribution is -2.41. The van der Waals surface area contributed by atoms with E-state index in [-0.39, 0.29) is 17.6 Å². The van der Waals surface area contributed by atoms with Crippen molar-refractivity contribution >= 4 is 23.9 Å². The fourth-order valence-electron chi connectivity index (χ4n) is 1.84. The minimum Gasteiger partial charge on any atom is -0.452 e. The predicted octanol–water partition coefficient (Wildman–Crippen LogP) is 0.897. The van der Waals surface area contributed by atoms with Crippen molar-refractivity contribution in [3.05, 3.63) is 35.4 Å². The van der Waals surface area contributed by atoms with E-state index < -0.39 is 24.5 Å². The Balaban J connectivity index is 2.42. The highest BCUT2D eigenvalue weighted by molar-refractivity contribution is 5.97. The lowest BCUT2D eigenvalue weighted by molar-refractivity contribution is -0.123. The Morgan fingerprint density at radius 2 is 1.65 bits per heavy atom. The predicted molar refractivity (Wildman–Crippen MR) is 94.4 cm³/mol. The van der Waals surface area contributed by atoms with Crippen molar-refractivity contribution in [3.63, 3.8) is 0 Å². The molecule has 0 heterocycles. The van der Waals surface area contributed by atoms with E-state index in [0.29, 0.717) is 13.1 Å². The Hall–Kier alpha value is -3.10. The SMILES string of the molecule is CCNC(=O)NC(=O)COC(=O)c1ccc(CNC(=O)NC(C)C)cc1. The summed E-state index contributed by atoms with van der Waals surface area (Å²) < 4.78 is 4.84. The molecular formula is C17H24N4O5. The van der Waals surface area contributed by atoms with Crippen LogP contribution in [0, 0.1) is 0 Å². The maximum atomic E-state index is 11.9. The van der Waals surface area contributed by atoms with Crippen LogP contribution >= 0.6 is 0 Å². The first kappa shape index (κ1) is 20.9. The summed E-state index contributed by atoms with van der Waals surface area (Å²) in [5, 5.41) is 9.80. The third-order valence-corrected chi connectivity index (χ3v) is 2.99. The quantitative estimate of drug-likeness (QED) is 0.535. The topological polar surface area (TPSA) is 126 Å². The maximum absolute atomic E-state index is 11.9. The minimum atomic E-state index is -0.721. The zero-order valence-electron chi connectivity index (χ0n) is 15.0. The van der Waals surface area contributed by atoms with Gasteiger partial charge in [0.25, 0.3) is 5.91 Å². The van der Waals surface area contributed by atoms with Gasteiger partial charge in [0.05, 0.1) is 5.56 Å². The van der Waals surface area contributed by atoms with Crippen LogP contribution in [0.4, 0.5) is 9.59 Å². The standard InChI is InChI=1S/C17H24N4O5/c1-4-18-16(24)21-14(22)10-26-15(23)13-7-5-12(6-8-13)9-19-17(25)20-11(2)3/h5-8,11H,4,9-10H2,1-3H3,(H2,19,20,25)(H2,18,21,22,24). The van der Waals surface area contributed by atoms with Crippen LogP contribution in [0.15, 0.2) is 24.3 Å². The Morgan fingerprint density at radius 3 is 2.23 bits per heavy atom. The average molecular weight is 364 g/mol. The molecular weight excluding hydrogens is 340 g/mol. The zero-order chi connectivity index (χ0) is 19.5. The molecule has 0 aliphatic carbocycles. The van der Waals surface area contributed by atoms with Crippen molar-refractivity contribution in [2.45, 2.75) is 33.4 Å². The molecule has 0 radical (unpaired) electrons. The number of ether oxygens (including phenoxy) is 1. The van der Waals surface area contributed by atoms with Crippen molar-refractivity contribution in [3.8, 4) is 0 Å². The number of hydrogen-bond acceptors (Lipinski definition) is 5. The monoisotopic (exact) mass is 364 g/mol. The number of carbonyl (C=O) groups is 4. The summed E-state index contributed by atoms with van der Waals surface area (Å²) in [5.41, 5.74) is 1.06. The van der Waals surface area contributed by atoms with Gasteiger partial charge in [-0.3, -0.25) is 10.1 Å². The van der Waals surface area contributed by atoms with Crippen LogP contribution in [-0.4, -0.2) is 43.1 Å². The van der Waals surface area contributed by atoms with Crippen LogP contribution in [0.25, 0.3) is 0 Å². The Bertz CT molecular complexity index is 643. The Morgan fingerprint density at radius 1 is 1.00 bits per heavy atom. The second-order valence-electron chi connectivity index (χ2n) is 5.66. The van der Waals surface area contributed by atoms with Gasteiger partial charge in [-0.2, -0.15) is 0 Å². The van der Waals surface area contributed by atoms with E-state index in [1.807, 2.05) is 19.2 Å². The molecule has 0 aliphatic rings. The van der Waals surface area contributed by atoms with E-state index in [2.05, 4.69) is 16.0 Å². The molecule has 0 aliphatic heterocycles. The van der Waals surface area contributed by atoms with Gasteiger partial charge < -0.3 is 20.7 Å². The fourth-order valence-corrected chi connectivity index (χ4v) is 1.84. The second-order valence-corrected chi connectivity index (χ2v) is 5.66. The lowest BCUT2D eigenvalue weighted by Gasteiger charge is -2.10. The van der Waals surface area contributed by atoms with Crippen LogP contribution < -0.4 is 21.3 Å². The summed E-state index contributed by atoms with van der Waals surface area (Å²) in [5.74, 6) is -1.41. The van der Waals surface area contributed by atoms with Crippen LogP contribution in [-0.2, 0) is 16.1 Å². The van der Waals surface area contributed by atoms with Gasteiger partial charge in [0.15, 0.2) is 6.61 Å². The largest absolute Gasteiger partial charge is 0.452 e. The summed E-state index contributed by atoms with van der Waals surface area (Å²) in [7, 11) is 0.